The quantitative estimate of drug-likeness (QED) is 0.220. The fourth-order valence-corrected chi connectivity index (χ4v) is 9.70. The maximum Gasteiger partial charge on any atom is 0.302 e. The normalized spacial score (nSPS) is 26.7. The molecule has 0 spiro atoms. The van der Waals surface area contributed by atoms with Crippen LogP contribution >= 0.6 is 35.8 Å². The Morgan fingerprint density at radius 2 is 1.82 bits per heavy atom. The molecular formula is C38H45Cl2NO3S. The molecule has 2 fully saturated rings. The Hall–Kier alpha value is -2.44. The molecule has 5 unspecified atom stereocenters. The minimum absolute atomic E-state index is 0. The fourth-order valence-electron chi connectivity index (χ4n) is 8.45. The van der Waals surface area contributed by atoms with E-state index in [9.17, 15) is 9.90 Å². The average Bonchev–Trinajstić information content (AvgIpc) is 3.32. The molecule has 0 bridgehead atoms. The van der Waals surface area contributed by atoms with Crippen LogP contribution in [0, 0.1) is 17.3 Å². The number of fused-ring (bicyclic) bond motifs is 7. The monoisotopic (exact) mass is 665 g/mol. The van der Waals surface area contributed by atoms with E-state index in [1.165, 1.54) is 63.8 Å². The first-order valence-electron chi connectivity index (χ1n) is 16.0. The van der Waals surface area contributed by atoms with Crippen LogP contribution < -0.4 is 0 Å². The Bertz CT molecular complexity index is 1570. The molecule has 4 aliphatic rings. The minimum atomic E-state index is -0.136. The second-order valence-corrected chi connectivity index (χ2v) is 15.0. The van der Waals surface area contributed by atoms with Crippen LogP contribution in [0.2, 0.25) is 5.02 Å². The summed E-state index contributed by atoms with van der Waals surface area (Å²) in [5, 5.41) is 10.5. The van der Waals surface area contributed by atoms with Crippen LogP contribution in [0.15, 0.2) is 76.5 Å². The van der Waals surface area contributed by atoms with Crippen LogP contribution in [0.4, 0.5) is 0 Å². The van der Waals surface area contributed by atoms with E-state index in [2.05, 4.69) is 74.5 Å². The van der Waals surface area contributed by atoms with Crippen LogP contribution in [-0.4, -0.2) is 42.7 Å². The number of hydrogen-bond donors (Lipinski definition) is 1. The van der Waals surface area contributed by atoms with Crippen molar-refractivity contribution in [1.29, 1.82) is 0 Å². The van der Waals surface area contributed by atoms with Gasteiger partial charge in [0.05, 0.1) is 0 Å². The van der Waals surface area contributed by atoms with Gasteiger partial charge in [0, 0.05) is 33.7 Å². The predicted molar refractivity (Wildman–Crippen MR) is 188 cm³/mol. The lowest BCUT2D eigenvalue weighted by Crippen LogP contribution is -2.45. The number of phenols is 1. The molecule has 4 nitrogen and oxygen atoms in total. The van der Waals surface area contributed by atoms with Gasteiger partial charge in [-0.3, -0.25) is 4.79 Å². The summed E-state index contributed by atoms with van der Waals surface area (Å²) < 4.78 is 5.68. The highest BCUT2D eigenvalue weighted by molar-refractivity contribution is 7.99. The number of carbonyl (C=O) groups is 1. The van der Waals surface area contributed by atoms with Crippen molar-refractivity contribution in [2.45, 2.75) is 80.6 Å². The Labute approximate surface area is 284 Å². The number of ether oxygens (including phenoxy) is 1. The Kier molecular flexibility index (Phi) is 10.6. The SMILES string of the molecule is CC(=O)OC1CCC2C3CCc4cc(O)ccc4C3CCC12C.CN(C)CCC=C1c2ccccc2Sc2ccc(Cl)cc21.Cl. The summed E-state index contributed by atoms with van der Waals surface area (Å²) >= 11 is 8.03. The number of rotatable bonds is 4. The lowest BCUT2D eigenvalue weighted by atomic mass is 9.55. The molecule has 2 saturated carbocycles. The highest BCUT2D eigenvalue weighted by atomic mass is 35.5. The zero-order valence-electron chi connectivity index (χ0n) is 26.7. The van der Waals surface area contributed by atoms with E-state index in [-0.39, 0.29) is 29.9 Å². The summed E-state index contributed by atoms with van der Waals surface area (Å²) in [5.41, 5.74) is 6.83. The number of nitrogens with zero attached hydrogens (tertiary/aromatic N) is 1. The first-order valence-corrected chi connectivity index (χ1v) is 17.2. The summed E-state index contributed by atoms with van der Waals surface area (Å²) in [6.45, 7) is 4.93. The maximum atomic E-state index is 11.4. The molecule has 7 rings (SSSR count). The molecule has 0 saturated heterocycles. The second-order valence-electron chi connectivity index (χ2n) is 13.5. The molecule has 0 aromatic heterocycles. The van der Waals surface area contributed by atoms with E-state index in [0.29, 0.717) is 23.5 Å². The Morgan fingerprint density at radius 1 is 1.04 bits per heavy atom. The van der Waals surface area contributed by atoms with E-state index >= 15 is 0 Å². The molecule has 240 valence electrons. The van der Waals surface area contributed by atoms with E-state index in [1.807, 2.05) is 30.0 Å². The van der Waals surface area contributed by atoms with Gasteiger partial charge < -0.3 is 14.7 Å². The highest BCUT2D eigenvalue weighted by Gasteiger charge is 2.56. The fraction of sp³-hybridized carbons (Fsp3) is 0.447. The third-order valence-corrected chi connectivity index (χ3v) is 11.9. The molecule has 3 aromatic carbocycles. The number of hydrogen-bond acceptors (Lipinski definition) is 5. The maximum absolute atomic E-state index is 11.4. The summed E-state index contributed by atoms with van der Waals surface area (Å²) in [4.78, 5) is 16.3. The predicted octanol–water partition coefficient (Wildman–Crippen LogP) is 9.79. The van der Waals surface area contributed by atoms with Crippen molar-refractivity contribution in [3.63, 3.8) is 0 Å². The summed E-state index contributed by atoms with van der Waals surface area (Å²) in [7, 11) is 4.21. The van der Waals surface area contributed by atoms with E-state index in [1.54, 1.807) is 0 Å². The van der Waals surface area contributed by atoms with Crippen LogP contribution in [0.25, 0.3) is 5.57 Å². The topological polar surface area (TPSA) is 49.8 Å². The van der Waals surface area contributed by atoms with E-state index < -0.39 is 0 Å². The van der Waals surface area contributed by atoms with Crippen molar-refractivity contribution in [3.8, 4) is 5.75 Å². The van der Waals surface area contributed by atoms with E-state index in [0.717, 1.165) is 37.3 Å². The van der Waals surface area contributed by atoms with Crippen molar-refractivity contribution in [1.82, 2.24) is 4.90 Å². The Morgan fingerprint density at radius 3 is 2.60 bits per heavy atom. The third-order valence-electron chi connectivity index (χ3n) is 10.5. The van der Waals surface area contributed by atoms with Gasteiger partial charge in [-0.1, -0.05) is 60.6 Å². The standard InChI is InChI=1S/C20H26O3.C18H18ClNS.ClH/c1-12(21)23-19-8-7-18-17-5-3-13-11-14(22)4-6-15(13)16(17)9-10-20(18,19)2;1-20(2)11-5-7-14-15-6-3-4-8-17(15)21-18-10-9-13(19)12-16(14)18;/h4,6,11,16-19,22H,3,5,7-10H2,1-2H3;3-4,6-10,12H,5,11H2,1-2H3;1H. The molecule has 1 aliphatic heterocycles. The highest BCUT2D eigenvalue weighted by Crippen LogP contribution is 2.61. The van der Waals surface area contributed by atoms with E-state index in [4.69, 9.17) is 16.3 Å². The van der Waals surface area contributed by atoms with Gasteiger partial charge in [0.2, 0.25) is 0 Å². The second kappa shape index (κ2) is 14.1. The van der Waals surface area contributed by atoms with Gasteiger partial charge in [-0.15, -0.1) is 12.4 Å². The molecule has 45 heavy (non-hydrogen) atoms. The first kappa shape index (κ1) is 33.9. The minimum Gasteiger partial charge on any atom is -0.508 e. The van der Waals surface area contributed by atoms with Gasteiger partial charge in [-0.2, -0.15) is 0 Å². The van der Waals surface area contributed by atoms with Crippen molar-refractivity contribution in [2.75, 3.05) is 20.6 Å². The molecule has 3 aromatic rings. The smallest absolute Gasteiger partial charge is 0.302 e. The number of halogens is 2. The summed E-state index contributed by atoms with van der Waals surface area (Å²) in [6, 6.07) is 20.7. The van der Waals surface area contributed by atoms with Gasteiger partial charge in [0.15, 0.2) is 0 Å². The molecule has 5 atom stereocenters. The van der Waals surface area contributed by atoms with Crippen LogP contribution in [0.5, 0.6) is 5.75 Å². The average molecular weight is 667 g/mol. The number of benzene rings is 3. The number of phenolic OH excluding ortho intramolecular Hbond substituents is 1. The Balaban J connectivity index is 0.000000175. The van der Waals surface area contributed by atoms with Gasteiger partial charge in [0.1, 0.15) is 11.9 Å². The lowest BCUT2D eigenvalue weighted by molar-refractivity contribution is -0.154. The van der Waals surface area contributed by atoms with Crippen LogP contribution in [-0.2, 0) is 16.0 Å². The largest absolute Gasteiger partial charge is 0.508 e. The molecular weight excluding hydrogens is 621 g/mol. The third kappa shape index (κ3) is 6.98. The first-order chi connectivity index (χ1) is 21.1. The van der Waals surface area contributed by atoms with Gasteiger partial charge in [-0.05, 0) is 141 Å². The van der Waals surface area contributed by atoms with Gasteiger partial charge in [0.25, 0.3) is 0 Å². The molecule has 0 radical (unpaired) electrons. The van der Waals surface area contributed by atoms with Gasteiger partial charge >= 0.3 is 5.97 Å². The van der Waals surface area contributed by atoms with Crippen LogP contribution in [0.1, 0.15) is 80.5 Å². The molecule has 7 heteroatoms. The number of esters is 1. The summed E-state index contributed by atoms with van der Waals surface area (Å²) in [6.07, 6.45) is 10.3. The van der Waals surface area contributed by atoms with Crippen molar-refractivity contribution in [2.24, 2.45) is 17.3 Å². The van der Waals surface area contributed by atoms with Crippen molar-refractivity contribution >= 4 is 47.3 Å². The zero-order valence-corrected chi connectivity index (χ0v) is 29.1. The lowest BCUT2D eigenvalue weighted by Gasteiger charge is -2.50. The van der Waals surface area contributed by atoms with Gasteiger partial charge in [-0.25, -0.2) is 0 Å². The zero-order chi connectivity index (χ0) is 31.0. The number of aryl methyl sites for hydroxylation is 1. The molecule has 1 heterocycles. The van der Waals surface area contributed by atoms with Crippen molar-refractivity contribution in [3.05, 3.63) is 94.0 Å². The molecule has 3 aliphatic carbocycles. The molecule has 1 N–H and O–H groups in total. The molecule has 0 amide bonds. The van der Waals surface area contributed by atoms with Crippen molar-refractivity contribution < 1.29 is 14.6 Å². The summed E-state index contributed by atoms with van der Waals surface area (Å²) in [5.74, 6) is 2.23. The van der Waals surface area contributed by atoms with Crippen LogP contribution in [0.3, 0.4) is 0 Å². The number of aromatic hydroxyl groups is 1. The number of carbonyl (C=O) groups excluding carboxylic acids is 1.